The second kappa shape index (κ2) is 6.90. The average Bonchev–Trinajstić information content (AvgIpc) is 2.27. The summed E-state index contributed by atoms with van der Waals surface area (Å²) < 4.78 is 0.999. The second-order valence-corrected chi connectivity index (χ2v) is 5.78. The van der Waals surface area contributed by atoms with Gasteiger partial charge in [0.05, 0.1) is 0 Å². The molecule has 2 N–H and O–H groups in total. The number of hydrogen-bond donors (Lipinski definition) is 2. The summed E-state index contributed by atoms with van der Waals surface area (Å²) in [6.07, 6.45) is 0.629. The Labute approximate surface area is 117 Å². The van der Waals surface area contributed by atoms with Gasteiger partial charge in [-0.25, -0.2) is 0 Å². The molecule has 0 saturated heterocycles. The predicted octanol–water partition coefficient (Wildman–Crippen LogP) is 3.60. The Morgan fingerprint density at radius 1 is 1.33 bits per heavy atom. The summed E-state index contributed by atoms with van der Waals surface area (Å²) in [5, 5.41) is 12.4. The Kier molecular flexibility index (Phi) is 5.82. The lowest BCUT2D eigenvalue weighted by Crippen LogP contribution is -2.39. The van der Waals surface area contributed by atoms with Gasteiger partial charge in [0, 0.05) is 10.5 Å². The molecule has 0 aliphatic heterocycles. The van der Waals surface area contributed by atoms with Gasteiger partial charge in [-0.05, 0) is 30.9 Å². The quantitative estimate of drug-likeness (QED) is 0.843. The smallest absolute Gasteiger partial charge is 0.320 e. The van der Waals surface area contributed by atoms with E-state index in [0.717, 1.165) is 10.0 Å². The summed E-state index contributed by atoms with van der Waals surface area (Å²) in [5.74, 6) is -0.437. The molecule has 0 heterocycles. The highest BCUT2D eigenvalue weighted by Gasteiger charge is 2.21. The first-order valence-electron chi connectivity index (χ1n) is 6.15. The van der Waals surface area contributed by atoms with E-state index in [1.807, 2.05) is 45.0 Å². The third kappa shape index (κ3) is 4.42. The van der Waals surface area contributed by atoms with Gasteiger partial charge >= 0.3 is 5.97 Å². The van der Waals surface area contributed by atoms with Gasteiger partial charge in [-0.15, -0.1) is 0 Å². The number of carboxylic acids is 1. The van der Waals surface area contributed by atoms with Crippen LogP contribution in [0.4, 0.5) is 0 Å². The summed E-state index contributed by atoms with van der Waals surface area (Å²) in [6.45, 7) is 6.04. The summed E-state index contributed by atoms with van der Waals surface area (Å²) in [6, 6.07) is 7.36. The van der Waals surface area contributed by atoms with E-state index in [1.54, 1.807) is 0 Å². The molecule has 100 valence electrons. The molecule has 0 radical (unpaired) electrons. The van der Waals surface area contributed by atoms with E-state index in [2.05, 4.69) is 21.2 Å². The monoisotopic (exact) mass is 313 g/mol. The Bertz CT molecular complexity index is 407. The van der Waals surface area contributed by atoms with Crippen molar-refractivity contribution < 1.29 is 9.90 Å². The molecule has 3 nitrogen and oxygen atoms in total. The molecule has 2 atom stereocenters. The Hall–Kier alpha value is -0.870. The third-order valence-electron chi connectivity index (χ3n) is 2.83. The van der Waals surface area contributed by atoms with E-state index in [0.29, 0.717) is 12.3 Å². The van der Waals surface area contributed by atoms with Gasteiger partial charge in [-0.3, -0.25) is 10.1 Å². The van der Waals surface area contributed by atoms with Crippen LogP contribution in [0.1, 0.15) is 38.8 Å². The first-order chi connectivity index (χ1) is 8.41. The van der Waals surface area contributed by atoms with Crippen LogP contribution in [0.5, 0.6) is 0 Å². The van der Waals surface area contributed by atoms with Crippen molar-refractivity contribution in [2.45, 2.75) is 39.3 Å². The van der Waals surface area contributed by atoms with Gasteiger partial charge < -0.3 is 5.11 Å². The maximum atomic E-state index is 11.2. The molecular weight excluding hydrogens is 294 g/mol. The molecule has 1 aromatic carbocycles. The van der Waals surface area contributed by atoms with Crippen molar-refractivity contribution in [1.82, 2.24) is 5.32 Å². The highest BCUT2D eigenvalue weighted by atomic mass is 79.9. The summed E-state index contributed by atoms with van der Waals surface area (Å²) in [4.78, 5) is 11.2. The lowest BCUT2D eigenvalue weighted by atomic mass is 10.0. The highest BCUT2D eigenvalue weighted by Crippen LogP contribution is 2.23. The zero-order chi connectivity index (χ0) is 13.7. The lowest BCUT2D eigenvalue weighted by Gasteiger charge is -2.22. The number of nitrogens with one attached hydrogen (secondary N) is 1. The van der Waals surface area contributed by atoms with Crippen molar-refractivity contribution in [2.75, 3.05) is 0 Å². The normalized spacial score (nSPS) is 14.5. The molecule has 0 aliphatic rings. The van der Waals surface area contributed by atoms with Crippen LogP contribution in [0.2, 0.25) is 0 Å². The van der Waals surface area contributed by atoms with Gasteiger partial charge in [-0.1, -0.05) is 48.0 Å². The van der Waals surface area contributed by atoms with Gasteiger partial charge in [0.15, 0.2) is 0 Å². The molecule has 18 heavy (non-hydrogen) atoms. The fourth-order valence-corrected chi connectivity index (χ4v) is 2.56. The van der Waals surface area contributed by atoms with Gasteiger partial charge in [0.2, 0.25) is 0 Å². The summed E-state index contributed by atoms with van der Waals surface area (Å²) in [5.41, 5.74) is 1.08. The minimum absolute atomic E-state index is 0.000394. The van der Waals surface area contributed by atoms with Crippen molar-refractivity contribution in [3.63, 3.8) is 0 Å². The molecule has 2 unspecified atom stereocenters. The van der Waals surface area contributed by atoms with E-state index >= 15 is 0 Å². The molecule has 1 aromatic rings. The van der Waals surface area contributed by atoms with Gasteiger partial charge in [-0.2, -0.15) is 0 Å². The van der Waals surface area contributed by atoms with Gasteiger partial charge in [0.25, 0.3) is 0 Å². The van der Waals surface area contributed by atoms with Crippen LogP contribution < -0.4 is 5.32 Å². The number of halogens is 1. The fourth-order valence-electron chi connectivity index (χ4n) is 1.93. The maximum absolute atomic E-state index is 11.2. The van der Waals surface area contributed by atoms with Crippen LogP contribution in [-0.2, 0) is 4.79 Å². The van der Waals surface area contributed by atoms with Crippen molar-refractivity contribution in [2.24, 2.45) is 5.92 Å². The zero-order valence-electron chi connectivity index (χ0n) is 11.0. The summed E-state index contributed by atoms with van der Waals surface area (Å²) >= 11 is 3.49. The maximum Gasteiger partial charge on any atom is 0.320 e. The molecule has 0 aromatic heterocycles. The first kappa shape index (κ1) is 15.2. The van der Waals surface area contributed by atoms with Crippen LogP contribution in [-0.4, -0.2) is 17.1 Å². The minimum Gasteiger partial charge on any atom is -0.480 e. The Balaban J connectivity index is 2.75. The highest BCUT2D eigenvalue weighted by molar-refractivity contribution is 9.10. The number of carbonyl (C=O) groups is 1. The number of carboxylic acid groups (broad SMARTS) is 1. The third-order valence-corrected chi connectivity index (χ3v) is 3.55. The van der Waals surface area contributed by atoms with Crippen LogP contribution in [0.15, 0.2) is 28.7 Å². The SMILES string of the molecule is CC(C)CC(NC(C)c1ccccc1Br)C(=O)O. The van der Waals surface area contributed by atoms with E-state index in [4.69, 9.17) is 0 Å². The topological polar surface area (TPSA) is 49.3 Å². The second-order valence-electron chi connectivity index (χ2n) is 4.93. The molecule has 0 saturated carbocycles. The average molecular weight is 314 g/mol. The van der Waals surface area contributed by atoms with Crippen LogP contribution in [0.3, 0.4) is 0 Å². The predicted molar refractivity (Wildman–Crippen MR) is 76.6 cm³/mol. The number of rotatable bonds is 6. The number of benzene rings is 1. The van der Waals surface area contributed by atoms with Crippen molar-refractivity contribution in [3.8, 4) is 0 Å². The molecule has 4 heteroatoms. The van der Waals surface area contributed by atoms with E-state index < -0.39 is 12.0 Å². The number of hydrogen-bond acceptors (Lipinski definition) is 2. The Morgan fingerprint density at radius 3 is 2.44 bits per heavy atom. The van der Waals surface area contributed by atoms with Crippen LogP contribution >= 0.6 is 15.9 Å². The first-order valence-corrected chi connectivity index (χ1v) is 6.94. The lowest BCUT2D eigenvalue weighted by molar-refractivity contribution is -0.140. The zero-order valence-corrected chi connectivity index (χ0v) is 12.6. The molecule has 0 fully saturated rings. The van der Waals surface area contributed by atoms with Crippen molar-refractivity contribution >= 4 is 21.9 Å². The van der Waals surface area contributed by atoms with E-state index in [9.17, 15) is 9.90 Å². The summed E-state index contributed by atoms with van der Waals surface area (Å²) in [7, 11) is 0. The molecule has 0 spiro atoms. The molecular formula is C14H20BrNO2. The molecule has 0 aliphatic carbocycles. The molecule has 1 rings (SSSR count). The van der Waals surface area contributed by atoms with Crippen LogP contribution in [0, 0.1) is 5.92 Å². The molecule has 0 amide bonds. The van der Waals surface area contributed by atoms with Crippen molar-refractivity contribution in [3.05, 3.63) is 34.3 Å². The fraction of sp³-hybridized carbons (Fsp3) is 0.500. The standard InChI is InChI=1S/C14H20BrNO2/c1-9(2)8-13(14(17)18)16-10(3)11-6-4-5-7-12(11)15/h4-7,9-10,13,16H,8H2,1-3H3,(H,17,18). The number of aliphatic carboxylic acids is 1. The van der Waals surface area contributed by atoms with Crippen LogP contribution in [0.25, 0.3) is 0 Å². The minimum atomic E-state index is -0.789. The van der Waals surface area contributed by atoms with E-state index in [-0.39, 0.29) is 6.04 Å². The Morgan fingerprint density at radius 2 is 1.94 bits per heavy atom. The van der Waals surface area contributed by atoms with Gasteiger partial charge in [0.1, 0.15) is 6.04 Å². The molecule has 0 bridgehead atoms. The van der Waals surface area contributed by atoms with E-state index in [1.165, 1.54) is 0 Å². The largest absolute Gasteiger partial charge is 0.480 e. The van der Waals surface area contributed by atoms with Crippen molar-refractivity contribution in [1.29, 1.82) is 0 Å².